The minimum absolute atomic E-state index is 0.215. The van der Waals surface area contributed by atoms with E-state index in [1.54, 1.807) is 12.1 Å². The van der Waals surface area contributed by atoms with Crippen LogP contribution >= 0.6 is 11.6 Å². The highest BCUT2D eigenvalue weighted by molar-refractivity contribution is 6.32. The SMILES string of the molecule is Nc1cc([C@@H](O)CN(Cc2ccccc2)[C@@H](O)CCc2ccc(OCc3ccccc3)c(Cl)c2)ccc1OCc1ccccc1. The van der Waals surface area contributed by atoms with Gasteiger partial charge in [0.05, 0.1) is 16.8 Å². The minimum atomic E-state index is -0.871. The minimum Gasteiger partial charge on any atom is -0.487 e. The zero-order valence-electron chi connectivity index (χ0n) is 25.1. The Kier molecular flexibility index (Phi) is 11.5. The van der Waals surface area contributed by atoms with Crippen LogP contribution in [0.25, 0.3) is 0 Å². The van der Waals surface area contributed by atoms with Crippen LogP contribution in [0.5, 0.6) is 11.5 Å². The van der Waals surface area contributed by atoms with Crippen molar-refractivity contribution in [3.05, 3.63) is 160 Å². The van der Waals surface area contributed by atoms with E-state index in [4.69, 9.17) is 26.8 Å². The third-order valence-corrected chi connectivity index (χ3v) is 7.93. The molecule has 6 nitrogen and oxygen atoms in total. The van der Waals surface area contributed by atoms with Crippen molar-refractivity contribution >= 4 is 17.3 Å². The van der Waals surface area contributed by atoms with Crippen LogP contribution in [0.3, 0.4) is 0 Å². The van der Waals surface area contributed by atoms with E-state index >= 15 is 0 Å². The van der Waals surface area contributed by atoms with Gasteiger partial charge in [0.2, 0.25) is 0 Å². The molecule has 5 aromatic carbocycles. The molecule has 0 unspecified atom stereocenters. The van der Waals surface area contributed by atoms with Crippen LogP contribution in [0.15, 0.2) is 127 Å². The maximum atomic E-state index is 11.4. The second-order valence-electron chi connectivity index (χ2n) is 11.1. The molecule has 0 bridgehead atoms. The van der Waals surface area contributed by atoms with Gasteiger partial charge in [-0.1, -0.05) is 115 Å². The first kappa shape index (κ1) is 32.1. The molecule has 2 atom stereocenters. The summed E-state index contributed by atoms with van der Waals surface area (Å²) in [6.45, 7) is 1.52. The van der Waals surface area contributed by atoms with Gasteiger partial charge >= 0.3 is 0 Å². The summed E-state index contributed by atoms with van der Waals surface area (Å²) in [6.07, 6.45) is -0.626. The van der Waals surface area contributed by atoms with Gasteiger partial charge in [0.1, 0.15) is 30.9 Å². The molecular formula is C38H39ClN2O4. The summed E-state index contributed by atoms with van der Waals surface area (Å²) in [5.41, 5.74) is 11.5. The summed E-state index contributed by atoms with van der Waals surface area (Å²) >= 11 is 6.54. The molecule has 0 saturated heterocycles. The highest BCUT2D eigenvalue weighted by atomic mass is 35.5. The molecule has 0 saturated carbocycles. The molecule has 232 valence electrons. The molecule has 5 aromatic rings. The topological polar surface area (TPSA) is 88.2 Å². The number of aliphatic hydroxyl groups excluding tert-OH is 2. The first-order valence-corrected chi connectivity index (χ1v) is 15.5. The van der Waals surface area contributed by atoms with Crippen molar-refractivity contribution in [1.29, 1.82) is 0 Å². The Morgan fingerprint density at radius 3 is 1.78 bits per heavy atom. The van der Waals surface area contributed by atoms with Gasteiger partial charge < -0.3 is 25.4 Å². The Morgan fingerprint density at radius 1 is 0.644 bits per heavy atom. The molecule has 0 fully saturated rings. The second-order valence-corrected chi connectivity index (χ2v) is 11.5. The molecule has 4 N–H and O–H groups in total. The average Bonchev–Trinajstić information content (AvgIpc) is 3.07. The van der Waals surface area contributed by atoms with Gasteiger partial charge in [-0.25, -0.2) is 0 Å². The maximum absolute atomic E-state index is 11.4. The highest BCUT2D eigenvalue weighted by Gasteiger charge is 2.22. The molecule has 0 spiro atoms. The van der Waals surface area contributed by atoms with Crippen LogP contribution in [0, 0.1) is 0 Å². The lowest BCUT2D eigenvalue weighted by Gasteiger charge is -2.30. The lowest BCUT2D eigenvalue weighted by molar-refractivity contribution is -0.0332. The van der Waals surface area contributed by atoms with Crippen molar-refractivity contribution in [2.24, 2.45) is 0 Å². The predicted molar refractivity (Wildman–Crippen MR) is 180 cm³/mol. The lowest BCUT2D eigenvalue weighted by atomic mass is 10.1. The standard InChI is InChI=1S/C38H39ClN2O4/c39-33-22-28(16-19-36(33)44-26-30-12-6-2-7-13-30)17-21-38(43)41(24-29-10-4-1-5-11-29)25-35(42)32-18-20-37(34(40)23-32)45-27-31-14-8-3-9-15-31/h1-16,18-20,22-23,35,38,42-43H,17,21,24-27,40H2/t35-,38-/m0/s1. The van der Waals surface area contributed by atoms with Crippen molar-refractivity contribution in [2.45, 2.75) is 44.9 Å². The number of aliphatic hydroxyl groups is 2. The van der Waals surface area contributed by atoms with E-state index in [9.17, 15) is 10.2 Å². The average molecular weight is 623 g/mol. The fourth-order valence-corrected chi connectivity index (χ4v) is 5.37. The zero-order valence-corrected chi connectivity index (χ0v) is 25.9. The van der Waals surface area contributed by atoms with Crippen molar-refractivity contribution in [3.8, 4) is 11.5 Å². The summed E-state index contributed by atoms with van der Waals surface area (Å²) < 4.78 is 11.8. The van der Waals surface area contributed by atoms with E-state index in [-0.39, 0.29) is 6.54 Å². The lowest BCUT2D eigenvalue weighted by Crippen LogP contribution is -2.38. The number of aryl methyl sites for hydroxylation is 1. The Labute approximate surface area is 270 Å². The first-order chi connectivity index (χ1) is 21.9. The molecule has 0 aliphatic heterocycles. The van der Waals surface area contributed by atoms with Crippen molar-refractivity contribution < 1.29 is 19.7 Å². The molecule has 45 heavy (non-hydrogen) atoms. The first-order valence-electron chi connectivity index (χ1n) is 15.1. The van der Waals surface area contributed by atoms with E-state index in [2.05, 4.69) is 0 Å². The number of ether oxygens (including phenoxy) is 2. The van der Waals surface area contributed by atoms with Gasteiger partial charge in [-0.3, -0.25) is 4.90 Å². The van der Waals surface area contributed by atoms with Crippen LogP contribution in [0.2, 0.25) is 5.02 Å². The van der Waals surface area contributed by atoms with Gasteiger partial charge in [-0.15, -0.1) is 0 Å². The Hall–Kier alpha value is -4.33. The Bertz CT molecular complexity index is 1620. The molecular weight excluding hydrogens is 584 g/mol. The highest BCUT2D eigenvalue weighted by Crippen LogP contribution is 2.29. The summed E-state index contributed by atoms with van der Waals surface area (Å²) in [6, 6.07) is 40.8. The second kappa shape index (κ2) is 16.1. The third-order valence-electron chi connectivity index (χ3n) is 7.64. The smallest absolute Gasteiger partial charge is 0.142 e. The van der Waals surface area contributed by atoms with Crippen LogP contribution < -0.4 is 15.2 Å². The van der Waals surface area contributed by atoms with Crippen LogP contribution in [0.4, 0.5) is 5.69 Å². The van der Waals surface area contributed by atoms with Gasteiger partial charge in [0, 0.05) is 13.1 Å². The molecule has 0 amide bonds. The van der Waals surface area contributed by atoms with Crippen molar-refractivity contribution in [1.82, 2.24) is 4.90 Å². The molecule has 0 aromatic heterocycles. The number of nitrogen functional groups attached to an aromatic ring is 1. The van der Waals surface area contributed by atoms with Gasteiger partial charge in [-0.2, -0.15) is 0 Å². The molecule has 7 heteroatoms. The summed E-state index contributed by atoms with van der Waals surface area (Å²) in [7, 11) is 0. The Morgan fingerprint density at radius 2 is 1.20 bits per heavy atom. The summed E-state index contributed by atoms with van der Waals surface area (Å²) in [5, 5.41) is 23.1. The fourth-order valence-electron chi connectivity index (χ4n) is 5.11. The monoisotopic (exact) mass is 622 g/mol. The van der Waals surface area contributed by atoms with Gasteiger partial charge in [0.15, 0.2) is 0 Å². The fraction of sp³-hybridized carbons (Fsp3) is 0.211. The molecule has 0 heterocycles. The molecule has 5 rings (SSSR count). The number of rotatable bonds is 15. The normalized spacial score (nSPS) is 12.5. The van der Waals surface area contributed by atoms with Crippen LogP contribution in [-0.4, -0.2) is 27.9 Å². The van der Waals surface area contributed by atoms with Crippen LogP contribution in [-0.2, 0) is 26.2 Å². The van der Waals surface area contributed by atoms with Crippen LogP contribution in [0.1, 0.15) is 40.3 Å². The zero-order chi connectivity index (χ0) is 31.4. The van der Waals surface area contributed by atoms with E-state index in [1.165, 1.54) is 0 Å². The summed E-state index contributed by atoms with van der Waals surface area (Å²) in [5.74, 6) is 1.18. The number of hydrogen-bond donors (Lipinski definition) is 3. The van der Waals surface area contributed by atoms with Gasteiger partial charge in [-0.05, 0) is 64.9 Å². The van der Waals surface area contributed by atoms with E-state index in [0.29, 0.717) is 60.4 Å². The quantitative estimate of drug-likeness (QED) is 0.0825. The van der Waals surface area contributed by atoms with E-state index < -0.39 is 12.3 Å². The third kappa shape index (κ3) is 9.58. The van der Waals surface area contributed by atoms with Crippen molar-refractivity contribution in [3.63, 3.8) is 0 Å². The number of halogens is 1. The molecule has 0 aliphatic carbocycles. The number of anilines is 1. The molecule has 0 radical (unpaired) electrons. The van der Waals surface area contributed by atoms with Gasteiger partial charge in [0.25, 0.3) is 0 Å². The van der Waals surface area contributed by atoms with E-state index in [0.717, 1.165) is 22.3 Å². The number of nitrogens with two attached hydrogens (primary N) is 1. The number of hydrogen-bond acceptors (Lipinski definition) is 6. The maximum Gasteiger partial charge on any atom is 0.142 e. The number of nitrogens with zero attached hydrogens (tertiary/aromatic N) is 1. The van der Waals surface area contributed by atoms with E-state index in [1.807, 2.05) is 120 Å². The predicted octanol–water partition coefficient (Wildman–Crippen LogP) is 7.57. The largest absolute Gasteiger partial charge is 0.487 e. The molecule has 0 aliphatic rings. The summed E-state index contributed by atoms with van der Waals surface area (Å²) in [4.78, 5) is 1.88. The Balaban J connectivity index is 1.21. The number of benzene rings is 5. The van der Waals surface area contributed by atoms with Crippen molar-refractivity contribution in [2.75, 3.05) is 12.3 Å².